The molecule has 0 unspecified atom stereocenters. The van der Waals surface area contributed by atoms with Crippen LogP contribution in [0.3, 0.4) is 0 Å². The van der Waals surface area contributed by atoms with E-state index < -0.39 is 10.0 Å². The Bertz CT molecular complexity index is 730. The summed E-state index contributed by atoms with van der Waals surface area (Å²) in [6.07, 6.45) is 2.09. The van der Waals surface area contributed by atoms with Crippen LogP contribution in [0.25, 0.3) is 10.3 Å². The highest BCUT2D eigenvalue weighted by Crippen LogP contribution is 2.31. The SMILES string of the molecule is Cc1nn(C)c2nc(N3CCCN(S(C)(=O)=O)CC3)sc12. The summed E-state index contributed by atoms with van der Waals surface area (Å²) < 4.78 is 27.8. The van der Waals surface area contributed by atoms with Crippen LogP contribution >= 0.6 is 11.3 Å². The van der Waals surface area contributed by atoms with E-state index in [-0.39, 0.29) is 0 Å². The van der Waals surface area contributed by atoms with E-state index in [2.05, 4.69) is 15.0 Å². The topological polar surface area (TPSA) is 71.3 Å². The highest BCUT2D eigenvalue weighted by atomic mass is 32.2. The van der Waals surface area contributed by atoms with Crippen LogP contribution in [0.2, 0.25) is 0 Å². The van der Waals surface area contributed by atoms with Gasteiger partial charge >= 0.3 is 0 Å². The van der Waals surface area contributed by atoms with E-state index in [1.165, 1.54) is 6.26 Å². The zero-order valence-corrected chi connectivity index (χ0v) is 14.0. The molecule has 2 aromatic heterocycles. The zero-order chi connectivity index (χ0) is 15.2. The summed E-state index contributed by atoms with van der Waals surface area (Å²) in [5.41, 5.74) is 1.89. The molecule has 1 aliphatic heterocycles. The average molecular weight is 329 g/mol. The Morgan fingerprint density at radius 3 is 2.62 bits per heavy atom. The molecule has 0 spiro atoms. The van der Waals surface area contributed by atoms with Crippen LogP contribution in [0, 0.1) is 6.92 Å². The summed E-state index contributed by atoms with van der Waals surface area (Å²) in [6, 6.07) is 0. The lowest BCUT2D eigenvalue weighted by Crippen LogP contribution is -2.34. The minimum absolute atomic E-state index is 0.520. The minimum atomic E-state index is -3.11. The Morgan fingerprint density at radius 1 is 1.19 bits per heavy atom. The molecule has 1 fully saturated rings. The van der Waals surface area contributed by atoms with Crippen molar-refractivity contribution < 1.29 is 8.42 Å². The highest BCUT2D eigenvalue weighted by molar-refractivity contribution is 7.88. The van der Waals surface area contributed by atoms with Crippen molar-refractivity contribution >= 4 is 36.8 Å². The van der Waals surface area contributed by atoms with Crippen LogP contribution in [0.4, 0.5) is 5.13 Å². The number of nitrogens with zero attached hydrogens (tertiary/aromatic N) is 5. The molecule has 1 saturated heterocycles. The maximum absolute atomic E-state index is 11.7. The van der Waals surface area contributed by atoms with Crippen molar-refractivity contribution in [3.63, 3.8) is 0 Å². The van der Waals surface area contributed by atoms with Crippen molar-refractivity contribution in [1.82, 2.24) is 19.1 Å². The van der Waals surface area contributed by atoms with Crippen molar-refractivity contribution in [1.29, 1.82) is 0 Å². The average Bonchev–Trinajstić information content (AvgIpc) is 2.81. The van der Waals surface area contributed by atoms with E-state index >= 15 is 0 Å². The van der Waals surface area contributed by atoms with E-state index in [1.807, 2.05) is 14.0 Å². The van der Waals surface area contributed by atoms with Gasteiger partial charge in [-0.2, -0.15) is 5.10 Å². The van der Waals surface area contributed by atoms with E-state index in [0.29, 0.717) is 19.6 Å². The van der Waals surface area contributed by atoms with Crippen LogP contribution in [0.15, 0.2) is 0 Å². The van der Waals surface area contributed by atoms with E-state index in [9.17, 15) is 8.42 Å². The molecule has 1 aliphatic rings. The molecule has 0 bridgehead atoms. The quantitative estimate of drug-likeness (QED) is 0.815. The summed E-state index contributed by atoms with van der Waals surface area (Å²) >= 11 is 1.63. The largest absolute Gasteiger partial charge is 0.347 e. The number of thiazole rings is 1. The van der Waals surface area contributed by atoms with Crippen LogP contribution in [0.5, 0.6) is 0 Å². The van der Waals surface area contributed by atoms with Crippen LogP contribution < -0.4 is 4.90 Å². The molecule has 7 nitrogen and oxygen atoms in total. The van der Waals surface area contributed by atoms with Gasteiger partial charge in [-0.15, -0.1) is 0 Å². The standard InChI is InChI=1S/C12H19N5O2S2/c1-9-10-11(15(2)14-9)13-12(20-10)16-5-4-6-17(8-7-16)21(3,18)19/h4-8H2,1-3H3. The third kappa shape index (κ3) is 2.77. The van der Waals surface area contributed by atoms with Crippen LogP contribution in [-0.2, 0) is 17.1 Å². The van der Waals surface area contributed by atoms with Crippen LogP contribution in [0.1, 0.15) is 12.1 Å². The summed E-state index contributed by atoms with van der Waals surface area (Å²) in [4.78, 5) is 6.84. The molecule has 21 heavy (non-hydrogen) atoms. The fourth-order valence-electron chi connectivity index (χ4n) is 2.63. The van der Waals surface area contributed by atoms with E-state index in [1.54, 1.807) is 20.3 Å². The van der Waals surface area contributed by atoms with Gasteiger partial charge in [-0.25, -0.2) is 22.4 Å². The van der Waals surface area contributed by atoms with Gasteiger partial charge in [-0.1, -0.05) is 11.3 Å². The Hall–Kier alpha value is -1.19. The minimum Gasteiger partial charge on any atom is -0.347 e. The first-order valence-electron chi connectivity index (χ1n) is 6.86. The Labute approximate surface area is 128 Å². The highest BCUT2D eigenvalue weighted by Gasteiger charge is 2.23. The lowest BCUT2D eigenvalue weighted by molar-refractivity contribution is 0.437. The predicted molar refractivity (Wildman–Crippen MR) is 84.4 cm³/mol. The van der Waals surface area contributed by atoms with E-state index in [4.69, 9.17) is 0 Å². The predicted octanol–water partition coefficient (Wildman–Crippen LogP) is 0.810. The Balaban J connectivity index is 1.84. The Morgan fingerprint density at radius 2 is 1.95 bits per heavy atom. The second kappa shape index (κ2) is 5.22. The van der Waals surface area contributed by atoms with Gasteiger partial charge in [-0.05, 0) is 13.3 Å². The number of fused-ring (bicyclic) bond motifs is 1. The van der Waals surface area contributed by atoms with Gasteiger partial charge in [0.05, 0.1) is 16.6 Å². The third-order valence-corrected chi connectivity index (χ3v) is 6.24. The molecular formula is C12H19N5O2S2. The summed E-state index contributed by atoms with van der Waals surface area (Å²) in [5, 5.41) is 5.31. The number of anilines is 1. The van der Waals surface area contributed by atoms with Gasteiger partial charge in [0.15, 0.2) is 10.8 Å². The third-order valence-electron chi connectivity index (χ3n) is 3.73. The van der Waals surface area contributed by atoms with Gasteiger partial charge in [0.25, 0.3) is 0 Å². The fourth-order valence-corrected chi connectivity index (χ4v) is 4.58. The van der Waals surface area contributed by atoms with Crippen LogP contribution in [-0.4, -0.2) is 59.9 Å². The molecule has 0 aliphatic carbocycles. The molecule has 3 rings (SSSR count). The number of sulfonamides is 1. The van der Waals surface area contributed by atoms with Crippen molar-refractivity contribution in [2.45, 2.75) is 13.3 Å². The first kappa shape index (κ1) is 14.7. The second-order valence-corrected chi connectivity index (χ2v) is 8.32. The molecule has 116 valence electrons. The molecule has 3 heterocycles. The number of aromatic nitrogens is 3. The Kier molecular flexibility index (Phi) is 3.66. The maximum atomic E-state index is 11.7. The molecule has 0 radical (unpaired) electrons. The molecule has 0 amide bonds. The lowest BCUT2D eigenvalue weighted by atomic mass is 10.4. The zero-order valence-electron chi connectivity index (χ0n) is 12.4. The van der Waals surface area contributed by atoms with Crippen molar-refractivity contribution in [3.05, 3.63) is 5.69 Å². The van der Waals surface area contributed by atoms with Gasteiger partial charge in [0.2, 0.25) is 10.0 Å². The first-order valence-corrected chi connectivity index (χ1v) is 9.53. The first-order chi connectivity index (χ1) is 9.86. The second-order valence-electron chi connectivity index (χ2n) is 5.36. The lowest BCUT2D eigenvalue weighted by Gasteiger charge is -2.19. The van der Waals surface area contributed by atoms with Gasteiger partial charge in [0.1, 0.15) is 0 Å². The summed E-state index contributed by atoms with van der Waals surface area (Å²) in [6.45, 7) is 4.60. The van der Waals surface area contributed by atoms with Gasteiger partial charge < -0.3 is 4.90 Å². The maximum Gasteiger partial charge on any atom is 0.211 e. The number of hydrogen-bond acceptors (Lipinski definition) is 6. The number of hydrogen-bond donors (Lipinski definition) is 0. The molecule has 9 heteroatoms. The smallest absolute Gasteiger partial charge is 0.211 e. The number of aryl methyl sites for hydroxylation is 2. The number of rotatable bonds is 2. The van der Waals surface area contributed by atoms with Crippen molar-refractivity contribution in [2.24, 2.45) is 7.05 Å². The molecule has 0 atom stereocenters. The molecule has 0 N–H and O–H groups in total. The monoisotopic (exact) mass is 329 g/mol. The summed E-state index contributed by atoms with van der Waals surface area (Å²) in [7, 11) is -1.21. The van der Waals surface area contributed by atoms with Crippen molar-refractivity contribution in [2.75, 3.05) is 37.3 Å². The van der Waals surface area contributed by atoms with Crippen molar-refractivity contribution in [3.8, 4) is 0 Å². The molecule has 2 aromatic rings. The summed E-state index contributed by atoms with van der Waals surface area (Å²) in [5.74, 6) is 0. The van der Waals surface area contributed by atoms with Gasteiger partial charge in [-0.3, -0.25) is 0 Å². The molecular weight excluding hydrogens is 310 g/mol. The van der Waals surface area contributed by atoms with E-state index in [0.717, 1.165) is 34.1 Å². The fraction of sp³-hybridized carbons (Fsp3) is 0.667. The van der Waals surface area contributed by atoms with Gasteiger partial charge in [0, 0.05) is 33.2 Å². The molecule has 0 aromatic carbocycles. The molecule has 0 saturated carbocycles. The normalized spacial score (nSPS) is 18.3.